The number of nitrogens with zero attached hydrogens (tertiary/aromatic N) is 4. The van der Waals surface area contributed by atoms with Crippen LogP contribution in [0.25, 0.3) is 22.3 Å². The van der Waals surface area contributed by atoms with E-state index in [2.05, 4.69) is 25.3 Å². The Morgan fingerprint density at radius 1 is 0.931 bits per heavy atom. The summed E-state index contributed by atoms with van der Waals surface area (Å²) in [4.78, 5) is 17.1. The van der Waals surface area contributed by atoms with Crippen molar-refractivity contribution in [3.05, 3.63) is 72.1 Å². The lowest BCUT2D eigenvalue weighted by molar-refractivity contribution is 0.330. The van der Waals surface area contributed by atoms with Gasteiger partial charge in [0, 0.05) is 18.3 Å². The molecule has 0 aliphatic carbocycles. The summed E-state index contributed by atoms with van der Waals surface area (Å²) < 4.78 is 31.8. The molecular formula is C21H17F2N5O. The molecule has 6 nitrogen and oxygen atoms in total. The van der Waals surface area contributed by atoms with Crippen LogP contribution in [0.3, 0.4) is 0 Å². The summed E-state index contributed by atoms with van der Waals surface area (Å²) in [6.07, 6.45) is 1.42. The minimum atomic E-state index is -0.551. The number of hydrogen-bond donors (Lipinski definition) is 1. The zero-order chi connectivity index (χ0) is 20.2. The van der Waals surface area contributed by atoms with Crippen LogP contribution in [0.1, 0.15) is 12.5 Å². The lowest BCUT2D eigenvalue weighted by Crippen LogP contribution is -2.07. The monoisotopic (exact) mass is 393 g/mol. The summed E-state index contributed by atoms with van der Waals surface area (Å²) >= 11 is 0. The van der Waals surface area contributed by atoms with E-state index in [1.165, 1.54) is 24.4 Å². The van der Waals surface area contributed by atoms with Gasteiger partial charge in [0.15, 0.2) is 5.52 Å². The molecule has 3 aromatic heterocycles. The molecule has 0 saturated heterocycles. The van der Waals surface area contributed by atoms with Gasteiger partial charge in [0.25, 0.3) is 0 Å². The maximum absolute atomic E-state index is 13.1. The quantitative estimate of drug-likeness (QED) is 0.490. The zero-order valence-corrected chi connectivity index (χ0v) is 15.6. The fraction of sp³-hybridized carbons (Fsp3) is 0.143. The Kier molecular flexibility index (Phi) is 5.24. The van der Waals surface area contributed by atoms with Crippen LogP contribution in [0.15, 0.2) is 54.7 Å². The summed E-state index contributed by atoms with van der Waals surface area (Å²) in [7, 11) is 0. The first kappa shape index (κ1) is 18.7. The van der Waals surface area contributed by atoms with Crippen LogP contribution in [-0.4, -0.2) is 26.5 Å². The highest BCUT2D eigenvalue weighted by Crippen LogP contribution is 2.26. The maximum atomic E-state index is 13.1. The van der Waals surface area contributed by atoms with Gasteiger partial charge in [0.1, 0.15) is 5.82 Å². The molecule has 0 atom stereocenters. The largest absolute Gasteiger partial charge is 0.476 e. The molecule has 4 aromatic rings. The van der Waals surface area contributed by atoms with E-state index >= 15 is 0 Å². The number of anilines is 1. The first-order valence-corrected chi connectivity index (χ1v) is 9.04. The number of nitrogens with one attached hydrogen (secondary N) is 1. The van der Waals surface area contributed by atoms with E-state index < -0.39 is 5.95 Å². The molecule has 3 heterocycles. The van der Waals surface area contributed by atoms with Gasteiger partial charge in [-0.1, -0.05) is 12.1 Å². The number of ether oxygens (including phenoxy) is 1. The second kappa shape index (κ2) is 8.14. The second-order valence-corrected chi connectivity index (χ2v) is 6.20. The number of aromatic nitrogens is 4. The van der Waals surface area contributed by atoms with E-state index in [1.807, 2.05) is 6.92 Å². The van der Waals surface area contributed by atoms with Gasteiger partial charge in [-0.25, -0.2) is 19.3 Å². The molecule has 4 rings (SSSR count). The Hall–Kier alpha value is -3.68. The zero-order valence-electron chi connectivity index (χ0n) is 15.6. The van der Waals surface area contributed by atoms with Crippen LogP contribution >= 0.6 is 0 Å². The molecule has 0 saturated carbocycles. The van der Waals surface area contributed by atoms with Gasteiger partial charge in [-0.3, -0.25) is 0 Å². The Morgan fingerprint density at radius 2 is 1.76 bits per heavy atom. The number of halogens is 2. The minimum absolute atomic E-state index is 0.285. The van der Waals surface area contributed by atoms with Gasteiger partial charge in [0.05, 0.1) is 17.8 Å². The number of fused-ring (bicyclic) bond motifs is 1. The SMILES string of the molecule is CCOc1nc(NCc2ccc(F)cc2)nc2ccc(-c3ccc(F)nc3)nc12. The minimum Gasteiger partial charge on any atom is -0.476 e. The average Bonchev–Trinajstić information content (AvgIpc) is 2.74. The molecule has 146 valence electrons. The summed E-state index contributed by atoms with van der Waals surface area (Å²) in [5.41, 5.74) is 3.28. The number of pyridine rings is 2. The van der Waals surface area contributed by atoms with Gasteiger partial charge in [-0.05, 0) is 48.9 Å². The lowest BCUT2D eigenvalue weighted by atomic mass is 10.2. The van der Waals surface area contributed by atoms with E-state index in [-0.39, 0.29) is 5.82 Å². The third-order valence-corrected chi connectivity index (χ3v) is 4.18. The molecule has 29 heavy (non-hydrogen) atoms. The third kappa shape index (κ3) is 4.26. The lowest BCUT2D eigenvalue weighted by Gasteiger charge is -2.11. The third-order valence-electron chi connectivity index (χ3n) is 4.18. The van der Waals surface area contributed by atoms with Crippen molar-refractivity contribution in [1.29, 1.82) is 0 Å². The van der Waals surface area contributed by atoms with Gasteiger partial charge < -0.3 is 10.1 Å². The average molecular weight is 393 g/mol. The highest BCUT2D eigenvalue weighted by molar-refractivity contribution is 5.83. The Morgan fingerprint density at radius 3 is 2.48 bits per heavy atom. The molecule has 0 amide bonds. The molecule has 0 aliphatic heterocycles. The molecule has 8 heteroatoms. The summed E-state index contributed by atoms with van der Waals surface area (Å²) in [5, 5.41) is 3.12. The summed E-state index contributed by atoms with van der Waals surface area (Å²) in [6, 6.07) is 12.7. The Bertz CT molecular complexity index is 1130. The molecule has 0 spiro atoms. The van der Waals surface area contributed by atoms with Crippen molar-refractivity contribution >= 4 is 17.0 Å². The predicted octanol–water partition coefficient (Wildman–Crippen LogP) is 4.38. The number of hydrogen-bond acceptors (Lipinski definition) is 6. The Balaban J connectivity index is 1.66. The van der Waals surface area contributed by atoms with Crippen LogP contribution in [0.2, 0.25) is 0 Å². The van der Waals surface area contributed by atoms with Crippen molar-refractivity contribution in [2.24, 2.45) is 0 Å². The van der Waals surface area contributed by atoms with Crippen molar-refractivity contribution < 1.29 is 13.5 Å². The van der Waals surface area contributed by atoms with Crippen molar-refractivity contribution in [1.82, 2.24) is 19.9 Å². The first-order valence-electron chi connectivity index (χ1n) is 9.04. The van der Waals surface area contributed by atoms with Crippen LogP contribution < -0.4 is 10.1 Å². The highest BCUT2D eigenvalue weighted by Gasteiger charge is 2.12. The van der Waals surface area contributed by atoms with E-state index in [0.29, 0.717) is 47.3 Å². The molecule has 1 aromatic carbocycles. The maximum Gasteiger partial charge on any atom is 0.245 e. The van der Waals surface area contributed by atoms with Crippen LogP contribution in [0, 0.1) is 11.8 Å². The summed E-state index contributed by atoms with van der Waals surface area (Å²) in [6.45, 7) is 2.70. The number of rotatable bonds is 6. The molecular weight excluding hydrogens is 376 g/mol. The standard InChI is InChI=1S/C21H17F2N5O/c1-2-29-20-19-17(9-8-16(26-19)14-5-10-18(23)24-12-14)27-21(28-20)25-11-13-3-6-15(22)7-4-13/h3-10,12H,2,11H2,1H3,(H,25,27,28). The van der Waals surface area contributed by atoms with Gasteiger partial charge in [0.2, 0.25) is 17.8 Å². The van der Waals surface area contributed by atoms with Crippen molar-refractivity contribution in [2.75, 3.05) is 11.9 Å². The predicted molar refractivity (Wildman–Crippen MR) is 105 cm³/mol. The molecule has 0 aliphatic rings. The van der Waals surface area contributed by atoms with E-state index in [0.717, 1.165) is 5.56 Å². The van der Waals surface area contributed by atoms with E-state index in [9.17, 15) is 8.78 Å². The number of benzene rings is 1. The molecule has 0 unspecified atom stereocenters. The van der Waals surface area contributed by atoms with Crippen molar-refractivity contribution in [2.45, 2.75) is 13.5 Å². The van der Waals surface area contributed by atoms with Crippen LogP contribution in [-0.2, 0) is 6.54 Å². The summed E-state index contributed by atoms with van der Waals surface area (Å²) in [5.74, 6) is -0.114. The molecule has 0 bridgehead atoms. The van der Waals surface area contributed by atoms with Crippen LogP contribution in [0.4, 0.5) is 14.7 Å². The smallest absolute Gasteiger partial charge is 0.245 e. The molecule has 0 fully saturated rings. The van der Waals surface area contributed by atoms with Gasteiger partial charge in [-0.2, -0.15) is 9.37 Å². The van der Waals surface area contributed by atoms with Crippen molar-refractivity contribution in [3.8, 4) is 17.1 Å². The van der Waals surface area contributed by atoms with Crippen molar-refractivity contribution in [3.63, 3.8) is 0 Å². The fourth-order valence-electron chi connectivity index (χ4n) is 2.78. The molecule has 1 N–H and O–H groups in total. The van der Waals surface area contributed by atoms with Gasteiger partial charge in [-0.15, -0.1) is 0 Å². The van der Waals surface area contributed by atoms with E-state index in [1.54, 1.807) is 30.3 Å². The topological polar surface area (TPSA) is 72.8 Å². The Labute approximate surface area is 165 Å². The van der Waals surface area contributed by atoms with E-state index in [4.69, 9.17) is 4.74 Å². The second-order valence-electron chi connectivity index (χ2n) is 6.20. The van der Waals surface area contributed by atoms with Gasteiger partial charge >= 0.3 is 0 Å². The first-order chi connectivity index (χ1) is 14.1. The molecule has 0 radical (unpaired) electrons. The van der Waals surface area contributed by atoms with Crippen LogP contribution in [0.5, 0.6) is 5.88 Å². The normalized spacial score (nSPS) is 10.9. The fourth-order valence-corrected chi connectivity index (χ4v) is 2.78. The highest BCUT2D eigenvalue weighted by atomic mass is 19.1.